The molecule has 0 saturated heterocycles. The average Bonchev–Trinajstić information content (AvgIpc) is 2.74. The lowest BCUT2D eigenvalue weighted by molar-refractivity contribution is 0.284. The first-order valence-corrected chi connectivity index (χ1v) is 9.63. The number of nitrogens with zero attached hydrogens (tertiary/aromatic N) is 1. The molecular formula is C22H20ClN3O2S. The Hall–Kier alpha value is -3.09. The van der Waals surface area contributed by atoms with Crippen molar-refractivity contribution in [1.29, 1.82) is 0 Å². The first-order valence-electron chi connectivity index (χ1n) is 8.85. The summed E-state index contributed by atoms with van der Waals surface area (Å²) in [5.41, 5.74) is 5.41. The summed E-state index contributed by atoms with van der Waals surface area (Å²) in [6.45, 7) is 0.333. The van der Waals surface area contributed by atoms with Crippen molar-refractivity contribution in [2.45, 2.75) is 6.61 Å². The van der Waals surface area contributed by atoms with E-state index in [2.05, 4.69) is 15.8 Å². The molecule has 3 rings (SSSR count). The van der Waals surface area contributed by atoms with Crippen molar-refractivity contribution in [2.75, 3.05) is 12.4 Å². The molecule has 0 aromatic heterocycles. The molecule has 0 spiro atoms. The molecule has 2 N–H and O–H groups in total. The van der Waals surface area contributed by atoms with Crippen LogP contribution in [0.25, 0.3) is 0 Å². The third kappa shape index (κ3) is 6.20. The monoisotopic (exact) mass is 425 g/mol. The number of ether oxygens (including phenoxy) is 2. The highest BCUT2D eigenvalue weighted by Crippen LogP contribution is 2.29. The van der Waals surface area contributed by atoms with Crippen LogP contribution in [-0.4, -0.2) is 18.4 Å². The van der Waals surface area contributed by atoms with E-state index in [0.717, 1.165) is 16.8 Å². The molecule has 0 aliphatic heterocycles. The normalized spacial score (nSPS) is 10.6. The van der Waals surface area contributed by atoms with E-state index in [1.807, 2.05) is 72.8 Å². The van der Waals surface area contributed by atoms with E-state index < -0.39 is 0 Å². The second kappa shape index (κ2) is 10.5. The van der Waals surface area contributed by atoms with Crippen LogP contribution in [0, 0.1) is 0 Å². The summed E-state index contributed by atoms with van der Waals surface area (Å²) in [7, 11) is 1.60. The molecule has 0 amide bonds. The van der Waals surface area contributed by atoms with Crippen LogP contribution in [0.2, 0.25) is 5.02 Å². The van der Waals surface area contributed by atoms with Crippen LogP contribution in [-0.2, 0) is 6.61 Å². The topological polar surface area (TPSA) is 54.9 Å². The first-order chi connectivity index (χ1) is 14.2. The molecule has 0 aliphatic carbocycles. The lowest BCUT2D eigenvalue weighted by Crippen LogP contribution is -2.23. The van der Waals surface area contributed by atoms with Crippen LogP contribution in [0.3, 0.4) is 0 Å². The summed E-state index contributed by atoms with van der Waals surface area (Å²) in [6, 6.07) is 22.7. The van der Waals surface area contributed by atoms with Gasteiger partial charge in [-0.3, -0.25) is 5.43 Å². The van der Waals surface area contributed by atoms with Gasteiger partial charge in [0.05, 0.1) is 13.3 Å². The standard InChI is InChI=1S/C22H20ClN3O2S/c1-27-20-12-11-16(13-21(20)28-15-17-7-5-6-10-19(17)23)14-24-26-22(29)25-18-8-3-2-4-9-18/h2-14H,15H2,1H3,(H2,25,26,29)/b24-14+. The Kier molecular flexibility index (Phi) is 7.44. The minimum Gasteiger partial charge on any atom is -0.493 e. The Morgan fingerprint density at radius 1 is 1.03 bits per heavy atom. The number of rotatable bonds is 7. The first kappa shape index (κ1) is 20.6. The second-order valence-corrected chi connectivity index (χ2v) is 6.80. The summed E-state index contributed by atoms with van der Waals surface area (Å²) >= 11 is 11.4. The number of nitrogens with one attached hydrogen (secondary N) is 2. The Labute approximate surface area is 180 Å². The van der Waals surface area contributed by atoms with Crippen molar-refractivity contribution in [3.8, 4) is 11.5 Å². The molecule has 0 heterocycles. The fourth-order valence-corrected chi connectivity index (χ4v) is 2.86. The number of hydrazone groups is 1. The molecule has 148 valence electrons. The van der Waals surface area contributed by atoms with Crippen molar-refractivity contribution in [3.63, 3.8) is 0 Å². The fourth-order valence-electron chi connectivity index (χ4n) is 2.50. The van der Waals surface area contributed by atoms with Gasteiger partial charge >= 0.3 is 0 Å². The van der Waals surface area contributed by atoms with Gasteiger partial charge in [-0.15, -0.1) is 0 Å². The van der Waals surface area contributed by atoms with Crippen LogP contribution in [0.1, 0.15) is 11.1 Å². The average molecular weight is 426 g/mol. The van der Waals surface area contributed by atoms with E-state index in [-0.39, 0.29) is 0 Å². The largest absolute Gasteiger partial charge is 0.493 e. The van der Waals surface area contributed by atoms with E-state index in [1.54, 1.807) is 13.3 Å². The van der Waals surface area contributed by atoms with Crippen LogP contribution in [0.5, 0.6) is 11.5 Å². The Bertz CT molecular complexity index is 996. The number of para-hydroxylation sites is 1. The minimum absolute atomic E-state index is 0.333. The highest BCUT2D eigenvalue weighted by molar-refractivity contribution is 7.80. The molecule has 0 radical (unpaired) electrons. The van der Waals surface area contributed by atoms with E-state index in [4.69, 9.17) is 33.3 Å². The Balaban J connectivity index is 1.62. The molecule has 0 aliphatic rings. The zero-order valence-corrected chi connectivity index (χ0v) is 17.3. The minimum atomic E-state index is 0.333. The summed E-state index contributed by atoms with van der Waals surface area (Å²) < 4.78 is 11.3. The molecule has 3 aromatic carbocycles. The van der Waals surface area contributed by atoms with Gasteiger partial charge in [0.2, 0.25) is 0 Å². The number of hydrogen-bond donors (Lipinski definition) is 2. The molecule has 3 aromatic rings. The number of benzene rings is 3. The molecule has 0 unspecified atom stereocenters. The number of methoxy groups -OCH3 is 1. The number of halogens is 1. The molecule has 7 heteroatoms. The maximum Gasteiger partial charge on any atom is 0.191 e. The molecular weight excluding hydrogens is 406 g/mol. The number of hydrogen-bond acceptors (Lipinski definition) is 4. The SMILES string of the molecule is COc1ccc(/C=N/NC(=S)Nc2ccccc2)cc1OCc1ccccc1Cl. The van der Waals surface area contributed by atoms with Crippen molar-refractivity contribution >= 4 is 40.8 Å². The molecule has 0 saturated carbocycles. The van der Waals surface area contributed by atoms with Crippen LogP contribution >= 0.6 is 23.8 Å². The van der Waals surface area contributed by atoms with E-state index >= 15 is 0 Å². The summed E-state index contributed by atoms with van der Waals surface area (Å²) in [5, 5.41) is 8.28. The lowest BCUT2D eigenvalue weighted by Gasteiger charge is -2.12. The summed E-state index contributed by atoms with van der Waals surface area (Å²) in [4.78, 5) is 0. The van der Waals surface area contributed by atoms with Crippen molar-refractivity contribution in [1.82, 2.24) is 5.43 Å². The van der Waals surface area contributed by atoms with Gasteiger partial charge in [0.25, 0.3) is 0 Å². The highest BCUT2D eigenvalue weighted by Gasteiger charge is 2.07. The quantitative estimate of drug-likeness (QED) is 0.307. The predicted octanol–water partition coefficient (Wildman–Crippen LogP) is 5.25. The van der Waals surface area contributed by atoms with Gasteiger partial charge in [-0.1, -0.05) is 48.0 Å². The lowest BCUT2D eigenvalue weighted by atomic mass is 10.2. The zero-order chi connectivity index (χ0) is 20.5. The molecule has 0 atom stereocenters. The van der Waals surface area contributed by atoms with Crippen LogP contribution in [0.4, 0.5) is 5.69 Å². The number of thiocarbonyl (C=S) groups is 1. The van der Waals surface area contributed by atoms with Gasteiger partial charge in [-0.05, 0) is 54.2 Å². The highest BCUT2D eigenvalue weighted by atomic mass is 35.5. The van der Waals surface area contributed by atoms with E-state index in [1.165, 1.54) is 0 Å². The maximum atomic E-state index is 6.19. The van der Waals surface area contributed by atoms with Crippen molar-refractivity contribution < 1.29 is 9.47 Å². The van der Waals surface area contributed by atoms with Crippen LogP contribution < -0.4 is 20.2 Å². The Morgan fingerprint density at radius 3 is 2.55 bits per heavy atom. The van der Waals surface area contributed by atoms with Gasteiger partial charge in [0, 0.05) is 16.3 Å². The van der Waals surface area contributed by atoms with Gasteiger partial charge in [-0.2, -0.15) is 5.10 Å². The van der Waals surface area contributed by atoms with Gasteiger partial charge in [-0.25, -0.2) is 0 Å². The maximum absolute atomic E-state index is 6.19. The zero-order valence-electron chi connectivity index (χ0n) is 15.8. The van der Waals surface area contributed by atoms with E-state index in [0.29, 0.717) is 28.2 Å². The smallest absolute Gasteiger partial charge is 0.191 e. The van der Waals surface area contributed by atoms with Crippen molar-refractivity contribution in [2.24, 2.45) is 5.10 Å². The van der Waals surface area contributed by atoms with Crippen LogP contribution in [0.15, 0.2) is 77.9 Å². The van der Waals surface area contributed by atoms with E-state index in [9.17, 15) is 0 Å². The van der Waals surface area contributed by atoms with Gasteiger partial charge in [0.15, 0.2) is 16.6 Å². The summed E-state index contributed by atoms with van der Waals surface area (Å²) in [5.74, 6) is 1.23. The Morgan fingerprint density at radius 2 is 1.79 bits per heavy atom. The van der Waals surface area contributed by atoms with Gasteiger partial charge < -0.3 is 14.8 Å². The third-order valence-electron chi connectivity index (χ3n) is 3.94. The van der Waals surface area contributed by atoms with Gasteiger partial charge in [0.1, 0.15) is 6.61 Å². The molecule has 5 nitrogen and oxygen atoms in total. The third-order valence-corrected chi connectivity index (χ3v) is 4.50. The predicted molar refractivity (Wildman–Crippen MR) is 122 cm³/mol. The van der Waals surface area contributed by atoms with Crippen molar-refractivity contribution in [3.05, 3.63) is 88.9 Å². The molecule has 0 bridgehead atoms. The molecule has 29 heavy (non-hydrogen) atoms. The second-order valence-electron chi connectivity index (χ2n) is 5.98. The molecule has 0 fully saturated rings. The summed E-state index contributed by atoms with van der Waals surface area (Å²) in [6.07, 6.45) is 1.65. The fraction of sp³-hybridized carbons (Fsp3) is 0.0909. The number of anilines is 1.